The lowest BCUT2D eigenvalue weighted by atomic mass is 10.0. The normalized spacial score (nSPS) is 10.6. The van der Waals surface area contributed by atoms with Crippen molar-refractivity contribution >= 4 is 17.3 Å². The largest absolute Gasteiger partial charge is 0.496 e. The molecule has 2 aromatic rings. The minimum atomic E-state index is -0.918. The average Bonchev–Trinajstić information content (AvgIpc) is 2.70. The number of carboxylic acids is 1. The van der Waals surface area contributed by atoms with Crippen LogP contribution < -0.4 is 4.74 Å². The summed E-state index contributed by atoms with van der Waals surface area (Å²) >= 11 is 1.23. The van der Waals surface area contributed by atoms with Crippen molar-refractivity contribution in [3.05, 3.63) is 44.4 Å². The molecule has 0 saturated carbocycles. The molecule has 0 atom stereocenters. The number of hydrogen-bond donors (Lipinski definition) is 1. The SMILES string of the molecule is COc1c(C)cc(C)cc1Cc1nc(C)c(C(=O)O)s1. The maximum Gasteiger partial charge on any atom is 0.347 e. The van der Waals surface area contributed by atoms with Gasteiger partial charge in [-0.25, -0.2) is 9.78 Å². The van der Waals surface area contributed by atoms with Gasteiger partial charge in [-0.15, -0.1) is 11.3 Å². The summed E-state index contributed by atoms with van der Waals surface area (Å²) in [6, 6.07) is 4.13. The number of benzene rings is 1. The van der Waals surface area contributed by atoms with Crippen molar-refractivity contribution in [1.29, 1.82) is 0 Å². The zero-order valence-corrected chi connectivity index (χ0v) is 12.8. The third-order valence-corrected chi connectivity index (χ3v) is 4.22. The maximum absolute atomic E-state index is 11.1. The summed E-state index contributed by atoms with van der Waals surface area (Å²) in [5, 5.41) is 9.87. The van der Waals surface area contributed by atoms with Crippen LogP contribution in [-0.2, 0) is 6.42 Å². The Bertz CT molecular complexity index is 661. The third-order valence-electron chi connectivity index (χ3n) is 3.08. The van der Waals surface area contributed by atoms with Crippen LogP contribution in [0, 0.1) is 20.8 Å². The Morgan fingerprint density at radius 3 is 2.60 bits per heavy atom. The number of aromatic nitrogens is 1. The molecule has 0 aliphatic carbocycles. The molecule has 0 saturated heterocycles. The van der Waals surface area contributed by atoms with Gasteiger partial charge in [0.2, 0.25) is 0 Å². The van der Waals surface area contributed by atoms with Gasteiger partial charge in [-0.2, -0.15) is 0 Å². The molecule has 0 aliphatic rings. The third kappa shape index (κ3) is 2.82. The fourth-order valence-electron chi connectivity index (χ4n) is 2.35. The first-order valence-electron chi connectivity index (χ1n) is 6.26. The van der Waals surface area contributed by atoms with Crippen molar-refractivity contribution in [2.45, 2.75) is 27.2 Å². The van der Waals surface area contributed by atoms with Gasteiger partial charge in [-0.1, -0.05) is 17.7 Å². The van der Waals surface area contributed by atoms with Crippen molar-refractivity contribution in [3.8, 4) is 5.75 Å². The molecule has 1 N–H and O–H groups in total. The molecule has 1 aromatic carbocycles. The minimum Gasteiger partial charge on any atom is -0.496 e. The molecule has 2 rings (SSSR count). The Hall–Kier alpha value is -1.88. The summed E-state index contributed by atoms with van der Waals surface area (Å²) in [6.07, 6.45) is 0.588. The number of aryl methyl sites for hydroxylation is 3. The van der Waals surface area contributed by atoms with E-state index in [0.29, 0.717) is 17.0 Å². The van der Waals surface area contributed by atoms with E-state index < -0.39 is 5.97 Å². The van der Waals surface area contributed by atoms with E-state index in [4.69, 9.17) is 9.84 Å². The highest BCUT2D eigenvalue weighted by Crippen LogP contribution is 2.29. The molecule has 0 unspecified atom stereocenters. The summed E-state index contributed by atoms with van der Waals surface area (Å²) in [5.74, 6) is -0.0704. The Morgan fingerprint density at radius 1 is 1.35 bits per heavy atom. The molecule has 0 amide bonds. The number of nitrogens with zero attached hydrogens (tertiary/aromatic N) is 1. The van der Waals surface area contributed by atoms with E-state index in [-0.39, 0.29) is 0 Å². The summed E-state index contributed by atoms with van der Waals surface area (Å²) < 4.78 is 5.45. The molecule has 1 aromatic heterocycles. The fraction of sp³-hybridized carbons (Fsp3) is 0.333. The van der Waals surface area contributed by atoms with Crippen LogP contribution >= 0.6 is 11.3 Å². The average molecular weight is 291 g/mol. The molecule has 106 valence electrons. The summed E-state index contributed by atoms with van der Waals surface area (Å²) in [6.45, 7) is 5.76. The van der Waals surface area contributed by atoms with E-state index in [1.54, 1.807) is 14.0 Å². The molecule has 4 nitrogen and oxygen atoms in total. The predicted octanol–water partition coefficient (Wildman–Crippen LogP) is 3.37. The smallest absolute Gasteiger partial charge is 0.347 e. The van der Waals surface area contributed by atoms with Crippen LogP contribution in [0.1, 0.15) is 37.1 Å². The van der Waals surface area contributed by atoms with Gasteiger partial charge in [0.1, 0.15) is 10.6 Å². The molecule has 0 radical (unpaired) electrons. The number of aromatic carboxylic acids is 1. The van der Waals surface area contributed by atoms with Crippen LogP contribution in [0.25, 0.3) is 0 Å². The van der Waals surface area contributed by atoms with Crippen LogP contribution in [0.5, 0.6) is 5.75 Å². The van der Waals surface area contributed by atoms with Gasteiger partial charge in [0.25, 0.3) is 0 Å². The van der Waals surface area contributed by atoms with Gasteiger partial charge in [0.05, 0.1) is 17.8 Å². The Labute approximate surface area is 122 Å². The molecule has 20 heavy (non-hydrogen) atoms. The second-order valence-corrected chi connectivity index (χ2v) is 5.86. The van der Waals surface area contributed by atoms with Crippen molar-refractivity contribution in [1.82, 2.24) is 4.98 Å². The summed E-state index contributed by atoms with van der Waals surface area (Å²) in [4.78, 5) is 15.7. The Kier molecular flexibility index (Phi) is 4.09. The molecular formula is C15H17NO3S. The highest BCUT2D eigenvalue weighted by Gasteiger charge is 2.16. The molecule has 1 heterocycles. The van der Waals surface area contributed by atoms with Crippen LogP contribution in [0.3, 0.4) is 0 Å². The van der Waals surface area contributed by atoms with E-state index in [1.807, 2.05) is 13.8 Å². The quantitative estimate of drug-likeness (QED) is 0.938. The lowest BCUT2D eigenvalue weighted by molar-refractivity contribution is 0.0701. The van der Waals surface area contributed by atoms with E-state index in [2.05, 4.69) is 17.1 Å². The first-order chi connectivity index (χ1) is 9.42. The Morgan fingerprint density at radius 2 is 2.05 bits per heavy atom. The van der Waals surface area contributed by atoms with Crippen molar-refractivity contribution in [2.75, 3.05) is 7.11 Å². The number of rotatable bonds is 4. The number of methoxy groups -OCH3 is 1. The van der Waals surface area contributed by atoms with Gasteiger partial charge < -0.3 is 9.84 Å². The summed E-state index contributed by atoms with van der Waals surface area (Å²) in [7, 11) is 1.65. The number of carboxylic acid groups (broad SMARTS) is 1. The van der Waals surface area contributed by atoms with Gasteiger partial charge >= 0.3 is 5.97 Å². The van der Waals surface area contributed by atoms with Crippen molar-refractivity contribution in [3.63, 3.8) is 0 Å². The molecule has 0 bridgehead atoms. The maximum atomic E-state index is 11.1. The monoisotopic (exact) mass is 291 g/mol. The van der Waals surface area contributed by atoms with Crippen LogP contribution in [0.15, 0.2) is 12.1 Å². The molecule has 5 heteroatoms. The zero-order valence-electron chi connectivity index (χ0n) is 12.0. The first kappa shape index (κ1) is 14.5. The Balaban J connectivity index is 2.39. The van der Waals surface area contributed by atoms with Gasteiger partial charge in [0, 0.05) is 12.0 Å². The van der Waals surface area contributed by atoms with Crippen molar-refractivity contribution < 1.29 is 14.6 Å². The highest BCUT2D eigenvalue weighted by molar-refractivity contribution is 7.13. The number of ether oxygens (including phenoxy) is 1. The van der Waals surface area contributed by atoms with Crippen LogP contribution in [0.4, 0.5) is 0 Å². The second-order valence-electron chi connectivity index (χ2n) is 4.78. The van der Waals surface area contributed by atoms with E-state index in [1.165, 1.54) is 11.3 Å². The molecule has 0 fully saturated rings. The van der Waals surface area contributed by atoms with Gasteiger partial charge in [0.15, 0.2) is 0 Å². The van der Waals surface area contributed by atoms with Crippen LogP contribution in [-0.4, -0.2) is 23.2 Å². The van der Waals surface area contributed by atoms with E-state index >= 15 is 0 Å². The van der Waals surface area contributed by atoms with Gasteiger partial charge in [-0.3, -0.25) is 0 Å². The summed E-state index contributed by atoms with van der Waals surface area (Å²) in [5.41, 5.74) is 3.84. The number of hydrogen-bond acceptors (Lipinski definition) is 4. The van der Waals surface area contributed by atoms with Crippen LogP contribution in [0.2, 0.25) is 0 Å². The predicted molar refractivity (Wildman–Crippen MR) is 79.1 cm³/mol. The molecule has 0 aliphatic heterocycles. The van der Waals surface area contributed by atoms with Gasteiger partial charge in [-0.05, 0) is 26.3 Å². The lowest BCUT2D eigenvalue weighted by Gasteiger charge is -2.11. The number of thiazole rings is 1. The highest BCUT2D eigenvalue weighted by atomic mass is 32.1. The fourth-order valence-corrected chi connectivity index (χ4v) is 3.28. The number of carbonyl (C=O) groups is 1. The molecular weight excluding hydrogens is 274 g/mol. The standard InChI is InChI=1S/C15H17NO3S/c1-8-5-9(2)13(19-4)11(6-8)7-12-16-10(3)14(20-12)15(17)18/h5-6H,7H2,1-4H3,(H,17,18). The minimum absolute atomic E-state index is 0.309. The van der Waals surface area contributed by atoms with E-state index in [0.717, 1.165) is 27.4 Å². The van der Waals surface area contributed by atoms with E-state index in [9.17, 15) is 4.79 Å². The van der Waals surface area contributed by atoms with Crippen molar-refractivity contribution in [2.24, 2.45) is 0 Å². The first-order valence-corrected chi connectivity index (χ1v) is 7.07. The topological polar surface area (TPSA) is 59.4 Å². The molecule has 0 spiro atoms. The second kappa shape index (κ2) is 5.63. The lowest BCUT2D eigenvalue weighted by Crippen LogP contribution is -1.97. The zero-order chi connectivity index (χ0) is 14.9.